The average Bonchev–Trinajstić information content (AvgIpc) is 2.28. The van der Waals surface area contributed by atoms with Crippen molar-refractivity contribution >= 4 is 0 Å². The first kappa shape index (κ1) is 12.2. The summed E-state index contributed by atoms with van der Waals surface area (Å²) in [5, 5.41) is 6.40. The molecule has 2 N–H and O–H groups in total. The van der Waals surface area contributed by atoms with Gasteiger partial charge in [0.25, 0.3) is 0 Å². The van der Waals surface area contributed by atoms with Gasteiger partial charge in [-0.1, -0.05) is 12.1 Å². The summed E-state index contributed by atoms with van der Waals surface area (Å²) in [4.78, 5) is 0. The molecule has 17 heavy (non-hydrogen) atoms. The van der Waals surface area contributed by atoms with Crippen molar-refractivity contribution in [2.24, 2.45) is 0 Å². The van der Waals surface area contributed by atoms with Crippen molar-refractivity contribution in [3.8, 4) is 5.75 Å². The maximum absolute atomic E-state index is 12.1. The maximum Gasteiger partial charge on any atom is 0.573 e. The third kappa shape index (κ3) is 3.61. The highest BCUT2D eigenvalue weighted by atomic mass is 19.4. The van der Waals surface area contributed by atoms with E-state index in [4.69, 9.17) is 0 Å². The lowest BCUT2D eigenvalue weighted by molar-refractivity contribution is -0.274. The third-order valence-electron chi connectivity index (χ3n) is 2.54. The van der Waals surface area contributed by atoms with Gasteiger partial charge < -0.3 is 15.4 Å². The van der Waals surface area contributed by atoms with Crippen LogP contribution in [0.2, 0.25) is 0 Å². The van der Waals surface area contributed by atoms with E-state index in [0.717, 1.165) is 18.7 Å². The Balaban J connectivity index is 2.10. The predicted octanol–water partition coefficient (Wildman–Crippen LogP) is 1.82. The Bertz CT molecular complexity index is 375. The predicted molar refractivity (Wildman–Crippen MR) is 56.7 cm³/mol. The number of halogens is 3. The Morgan fingerprint density at radius 3 is 2.71 bits per heavy atom. The van der Waals surface area contributed by atoms with E-state index < -0.39 is 6.36 Å². The standard InChI is InChI=1S/C11H13F3N2O/c12-11(13,14)17-9-3-1-2-8(6-9)10-7-15-4-5-16-10/h1-3,6,10,15-16H,4-5,7H2/t10-/m0/s1. The zero-order chi connectivity index (χ0) is 12.3. The van der Waals surface area contributed by atoms with E-state index in [1.54, 1.807) is 12.1 Å². The first-order chi connectivity index (χ1) is 8.04. The van der Waals surface area contributed by atoms with Gasteiger partial charge in [0.05, 0.1) is 0 Å². The van der Waals surface area contributed by atoms with Gasteiger partial charge in [-0.25, -0.2) is 0 Å². The summed E-state index contributed by atoms with van der Waals surface area (Å²) < 4.78 is 40.1. The van der Waals surface area contributed by atoms with Gasteiger partial charge in [0.2, 0.25) is 0 Å². The van der Waals surface area contributed by atoms with Crippen LogP contribution in [0.4, 0.5) is 13.2 Å². The number of benzene rings is 1. The third-order valence-corrected chi connectivity index (χ3v) is 2.54. The number of alkyl halides is 3. The van der Waals surface area contributed by atoms with E-state index in [1.165, 1.54) is 12.1 Å². The number of hydrogen-bond acceptors (Lipinski definition) is 3. The molecular weight excluding hydrogens is 233 g/mol. The molecule has 94 valence electrons. The van der Waals surface area contributed by atoms with Crippen molar-refractivity contribution in [3.63, 3.8) is 0 Å². The molecule has 0 bridgehead atoms. The zero-order valence-corrected chi connectivity index (χ0v) is 9.05. The Morgan fingerprint density at radius 1 is 1.24 bits per heavy atom. The summed E-state index contributed by atoms with van der Waals surface area (Å²) in [6.45, 7) is 2.37. The SMILES string of the molecule is FC(F)(F)Oc1cccc([C@@H]2CNCCN2)c1. The van der Waals surface area contributed by atoms with Crippen LogP contribution in [0, 0.1) is 0 Å². The van der Waals surface area contributed by atoms with E-state index in [0.29, 0.717) is 6.54 Å². The first-order valence-corrected chi connectivity index (χ1v) is 5.34. The summed E-state index contributed by atoms with van der Waals surface area (Å²) in [5.41, 5.74) is 0.791. The van der Waals surface area contributed by atoms with Crippen LogP contribution in [0.1, 0.15) is 11.6 Å². The van der Waals surface area contributed by atoms with E-state index in [1.807, 2.05) is 0 Å². The van der Waals surface area contributed by atoms with Crippen LogP contribution in [-0.2, 0) is 0 Å². The van der Waals surface area contributed by atoms with Crippen LogP contribution in [0.3, 0.4) is 0 Å². The minimum Gasteiger partial charge on any atom is -0.406 e. The molecule has 2 rings (SSSR count). The van der Waals surface area contributed by atoms with Crippen LogP contribution >= 0.6 is 0 Å². The zero-order valence-electron chi connectivity index (χ0n) is 9.05. The lowest BCUT2D eigenvalue weighted by Crippen LogP contribution is -2.42. The van der Waals surface area contributed by atoms with Gasteiger partial charge in [0, 0.05) is 25.7 Å². The lowest BCUT2D eigenvalue weighted by Gasteiger charge is -2.25. The van der Waals surface area contributed by atoms with Gasteiger partial charge in [0.1, 0.15) is 5.75 Å². The second-order valence-electron chi connectivity index (χ2n) is 3.83. The molecule has 0 aliphatic carbocycles. The molecule has 1 fully saturated rings. The highest BCUT2D eigenvalue weighted by Gasteiger charge is 2.31. The van der Waals surface area contributed by atoms with Crippen molar-refractivity contribution in [2.75, 3.05) is 19.6 Å². The molecule has 1 aromatic carbocycles. The minimum absolute atomic E-state index is 0.0283. The Hall–Kier alpha value is -1.27. The Labute approximate surface area is 97.0 Å². The molecule has 0 unspecified atom stereocenters. The molecule has 0 spiro atoms. The van der Waals surface area contributed by atoms with Gasteiger partial charge in [0.15, 0.2) is 0 Å². The highest BCUT2D eigenvalue weighted by molar-refractivity contribution is 5.31. The van der Waals surface area contributed by atoms with Crippen molar-refractivity contribution < 1.29 is 17.9 Å². The minimum atomic E-state index is -4.64. The summed E-state index contributed by atoms with van der Waals surface area (Å²) in [6, 6.07) is 6.09. The molecule has 1 aliphatic rings. The van der Waals surface area contributed by atoms with Crippen molar-refractivity contribution in [1.29, 1.82) is 0 Å². The normalized spacial score (nSPS) is 21.2. The quantitative estimate of drug-likeness (QED) is 0.835. The fraction of sp³-hybridized carbons (Fsp3) is 0.455. The number of piperazine rings is 1. The molecule has 0 saturated carbocycles. The average molecular weight is 246 g/mol. The van der Waals surface area contributed by atoms with Gasteiger partial charge in [-0.05, 0) is 17.7 Å². The molecule has 1 aromatic rings. The number of hydrogen-bond donors (Lipinski definition) is 2. The van der Waals surface area contributed by atoms with E-state index in [9.17, 15) is 13.2 Å². The largest absolute Gasteiger partial charge is 0.573 e. The van der Waals surface area contributed by atoms with E-state index in [-0.39, 0.29) is 11.8 Å². The molecule has 0 aromatic heterocycles. The Kier molecular flexibility index (Phi) is 3.54. The van der Waals surface area contributed by atoms with Gasteiger partial charge >= 0.3 is 6.36 Å². The lowest BCUT2D eigenvalue weighted by atomic mass is 10.1. The van der Waals surface area contributed by atoms with E-state index in [2.05, 4.69) is 15.4 Å². The second kappa shape index (κ2) is 4.93. The molecular formula is C11H13F3N2O. The molecule has 0 radical (unpaired) electrons. The van der Waals surface area contributed by atoms with Crippen LogP contribution in [0.5, 0.6) is 5.75 Å². The van der Waals surface area contributed by atoms with E-state index >= 15 is 0 Å². The molecule has 1 saturated heterocycles. The fourth-order valence-electron chi connectivity index (χ4n) is 1.82. The fourth-order valence-corrected chi connectivity index (χ4v) is 1.82. The Morgan fingerprint density at radius 2 is 2.06 bits per heavy atom. The van der Waals surface area contributed by atoms with Crippen molar-refractivity contribution in [1.82, 2.24) is 10.6 Å². The monoisotopic (exact) mass is 246 g/mol. The van der Waals surface area contributed by atoms with Crippen molar-refractivity contribution in [3.05, 3.63) is 29.8 Å². The van der Waals surface area contributed by atoms with Crippen LogP contribution in [-0.4, -0.2) is 26.0 Å². The number of nitrogens with one attached hydrogen (secondary N) is 2. The summed E-state index contributed by atoms with van der Waals surface area (Å²) in [5.74, 6) is -0.178. The van der Waals surface area contributed by atoms with Crippen LogP contribution in [0.15, 0.2) is 24.3 Å². The summed E-state index contributed by atoms with van der Waals surface area (Å²) in [7, 11) is 0. The molecule has 1 atom stereocenters. The summed E-state index contributed by atoms with van der Waals surface area (Å²) >= 11 is 0. The second-order valence-corrected chi connectivity index (χ2v) is 3.83. The summed E-state index contributed by atoms with van der Waals surface area (Å²) in [6.07, 6.45) is -4.64. The molecule has 1 aliphatic heterocycles. The van der Waals surface area contributed by atoms with Gasteiger partial charge in [-0.2, -0.15) is 0 Å². The molecule has 0 amide bonds. The topological polar surface area (TPSA) is 33.3 Å². The van der Waals surface area contributed by atoms with Crippen molar-refractivity contribution in [2.45, 2.75) is 12.4 Å². The molecule has 1 heterocycles. The number of rotatable bonds is 2. The molecule has 3 nitrogen and oxygen atoms in total. The van der Waals surface area contributed by atoms with Gasteiger partial charge in [-0.15, -0.1) is 13.2 Å². The van der Waals surface area contributed by atoms with Gasteiger partial charge in [-0.3, -0.25) is 0 Å². The first-order valence-electron chi connectivity index (χ1n) is 5.34. The highest BCUT2D eigenvalue weighted by Crippen LogP contribution is 2.25. The van der Waals surface area contributed by atoms with Crippen LogP contribution < -0.4 is 15.4 Å². The molecule has 6 heteroatoms. The smallest absolute Gasteiger partial charge is 0.406 e. The maximum atomic E-state index is 12.1. The number of ether oxygens (including phenoxy) is 1. The van der Waals surface area contributed by atoms with Crippen LogP contribution in [0.25, 0.3) is 0 Å².